The van der Waals surface area contributed by atoms with Crippen molar-refractivity contribution in [1.29, 1.82) is 0 Å². The van der Waals surface area contributed by atoms with Crippen LogP contribution >= 0.6 is 11.6 Å². The number of hydrogen-bond donors (Lipinski definition) is 1. The molecule has 0 aliphatic carbocycles. The second kappa shape index (κ2) is 8.40. The summed E-state index contributed by atoms with van der Waals surface area (Å²) in [5, 5.41) is 3.83. The van der Waals surface area contributed by atoms with Crippen molar-refractivity contribution >= 4 is 34.7 Å². The van der Waals surface area contributed by atoms with Crippen LogP contribution in [0.3, 0.4) is 0 Å². The number of halogens is 1. The summed E-state index contributed by atoms with van der Waals surface area (Å²) in [5.41, 5.74) is 6.37. The number of aryl methyl sites for hydroxylation is 3. The van der Waals surface area contributed by atoms with Gasteiger partial charge in [-0.2, -0.15) is 0 Å². The van der Waals surface area contributed by atoms with Crippen LogP contribution in [0.2, 0.25) is 5.02 Å². The van der Waals surface area contributed by atoms with E-state index in [9.17, 15) is 9.59 Å². The zero-order chi connectivity index (χ0) is 22.1. The summed E-state index contributed by atoms with van der Waals surface area (Å²) in [6.45, 7) is 6.22. The quantitative estimate of drug-likeness (QED) is 0.531. The van der Waals surface area contributed by atoms with Gasteiger partial charge in [0.2, 0.25) is 0 Å². The summed E-state index contributed by atoms with van der Waals surface area (Å²) in [7, 11) is 0. The Morgan fingerprint density at radius 2 is 1.48 bits per heavy atom. The first-order valence-corrected chi connectivity index (χ1v) is 10.5. The summed E-state index contributed by atoms with van der Waals surface area (Å²) in [4.78, 5) is 28.0. The van der Waals surface area contributed by atoms with Crippen molar-refractivity contribution in [2.75, 3.05) is 5.32 Å². The number of nitrogens with one attached hydrogen (secondary N) is 1. The van der Waals surface area contributed by atoms with Gasteiger partial charge in [-0.1, -0.05) is 59.6 Å². The monoisotopic (exact) mass is 430 g/mol. The molecule has 0 unspecified atom stereocenters. The van der Waals surface area contributed by atoms with Crippen LogP contribution in [0.4, 0.5) is 5.69 Å². The van der Waals surface area contributed by atoms with Gasteiger partial charge in [0.05, 0.1) is 12.1 Å². The third kappa shape index (κ3) is 4.25. The Labute approximate surface area is 187 Å². The molecule has 3 aromatic carbocycles. The summed E-state index contributed by atoms with van der Waals surface area (Å²) in [5.74, 6) is -0.649. The predicted molar refractivity (Wildman–Crippen MR) is 125 cm³/mol. The lowest BCUT2D eigenvalue weighted by atomic mass is 10.0. The van der Waals surface area contributed by atoms with Crippen LogP contribution in [0.5, 0.6) is 0 Å². The lowest BCUT2D eigenvalue weighted by molar-refractivity contribution is -0.137. The molecule has 0 saturated heterocycles. The zero-order valence-electron chi connectivity index (χ0n) is 17.7. The van der Waals surface area contributed by atoms with E-state index in [2.05, 4.69) is 5.32 Å². The summed E-state index contributed by atoms with van der Waals surface area (Å²) in [6, 6.07) is 20.7. The van der Waals surface area contributed by atoms with E-state index < -0.39 is 0 Å². The SMILES string of the molecule is Cc1ccc(C2=C(Nc3ccc(C)c(C)c3)C(=O)N(Cc3ccc(Cl)cc3)C2=O)cc1. The molecule has 0 aromatic heterocycles. The largest absolute Gasteiger partial charge is 0.350 e. The van der Waals surface area contributed by atoms with E-state index in [1.54, 1.807) is 12.1 Å². The molecular formula is C26H23ClN2O2. The van der Waals surface area contributed by atoms with E-state index in [4.69, 9.17) is 11.6 Å². The molecular weight excluding hydrogens is 408 g/mol. The second-order valence-corrected chi connectivity index (χ2v) is 8.30. The summed E-state index contributed by atoms with van der Waals surface area (Å²) >= 11 is 5.97. The number of nitrogens with zero attached hydrogens (tertiary/aromatic N) is 1. The van der Waals surface area contributed by atoms with Gasteiger partial charge in [-0.3, -0.25) is 14.5 Å². The van der Waals surface area contributed by atoms with E-state index in [1.165, 1.54) is 4.90 Å². The maximum absolute atomic E-state index is 13.4. The molecule has 2 amide bonds. The van der Waals surface area contributed by atoms with Crippen molar-refractivity contribution in [2.24, 2.45) is 0 Å². The third-order valence-corrected chi connectivity index (χ3v) is 5.79. The fourth-order valence-electron chi connectivity index (χ4n) is 3.56. The molecule has 0 atom stereocenters. The Balaban J connectivity index is 1.74. The van der Waals surface area contributed by atoms with Gasteiger partial charge in [-0.25, -0.2) is 0 Å². The molecule has 0 bridgehead atoms. The van der Waals surface area contributed by atoms with E-state index >= 15 is 0 Å². The second-order valence-electron chi connectivity index (χ2n) is 7.86. The predicted octanol–water partition coefficient (Wildman–Crippen LogP) is 5.66. The molecule has 5 heteroatoms. The highest BCUT2D eigenvalue weighted by atomic mass is 35.5. The lowest BCUT2D eigenvalue weighted by Crippen LogP contribution is -2.32. The van der Waals surface area contributed by atoms with Crippen molar-refractivity contribution < 1.29 is 9.59 Å². The van der Waals surface area contributed by atoms with Gasteiger partial charge in [0.1, 0.15) is 5.70 Å². The number of carbonyl (C=O) groups excluding carboxylic acids is 2. The van der Waals surface area contributed by atoms with Crippen LogP contribution in [0, 0.1) is 20.8 Å². The zero-order valence-corrected chi connectivity index (χ0v) is 18.5. The van der Waals surface area contributed by atoms with E-state index in [1.807, 2.05) is 75.4 Å². The number of anilines is 1. The fourth-order valence-corrected chi connectivity index (χ4v) is 3.69. The van der Waals surface area contributed by atoms with Crippen LogP contribution in [0.1, 0.15) is 27.8 Å². The Kier molecular flexibility index (Phi) is 5.66. The number of benzene rings is 3. The minimum absolute atomic E-state index is 0.183. The van der Waals surface area contributed by atoms with Gasteiger partial charge in [0.15, 0.2) is 0 Å². The first kappa shape index (κ1) is 20.9. The molecule has 0 fully saturated rings. The Bertz CT molecular complexity index is 1200. The van der Waals surface area contributed by atoms with Gasteiger partial charge in [0.25, 0.3) is 11.8 Å². The molecule has 1 aliphatic heterocycles. The first-order valence-electron chi connectivity index (χ1n) is 10.1. The van der Waals surface area contributed by atoms with Crippen molar-refractivity contribution in [3.8, 4) is 0 Å². The average Bonchev–Trinajstić information content (AvgIpc) is 2.97. The summed E-state index contributed by atoms with van der Waals surface area (Å²) in [6.07, 6.45) is 0. The van der Waals surface area contributed by atoms with Gasteiger partial charge in [-0.05, 0) is 67.3 Å². The topological polar surface area (TPSA) is 49.4 Å². The van der Waals surface area contributed by atoms with Gasteiger partial charge >= 0.3 is 0 Å². The minimum atomic E-state index is -0.339. The molecule has 1 N–H and O–H groups in total. The molecule has 3 aromatic rings. The number of amides is 2. The molecule has 0 saturated carbocycles. The minimum Gasteiger partial charge on any atom is -0.350 e. The highest BCUT2D eigenvalue weighted by Crippen LogP contribution is 2.32. The van der Waals surface area contributed by atoms with Crippen LogP contribution in [0.25, 0.3) is 5.57 Å². The fraction of sp³-hybridized carbons (Fsp3) is 0.154. The van der Waals surface area contributed by atoms with Crippen LogP contribution in [0.15, 0.2) is 72.4 Å². The van der Waals surface area contributed by atoms with Gasteiger partial charge in [-0.15, -0.1) is 0 Å². The molecule has 4 rings (SSSR count). The average molecular weight is 431 g/mol. The van der Waals surface area contributed by atoms with Gasteiger partial charge < -0.3 is 5.32 Å². The van der Waals surface area contributed by atoms with E-state index in [0.29, 0.717) is 21.9 Å². The molecule has 1 heterocycles. The lowest BCUT2D eigenvalue weighted by Gasteiger charge is -2.15. The van der Waals surface area contributed by atoms with Crippen LogP contribution in [-0.2, 0) is 16.1 Å². The van der Waals surface area contributed by atoms with Crippen molar-refractivity contribution in [2.45, 2.75) is 27.3 Å². The molecule has 0 radical (unpaired) electrons. The Hall–Kier alpha value is -3.37. The molecule has 156 valence electrons. The summed E-state index contributed by atoms with van der Waals surface area (Å²) < 4.78 is 0. The number of imide groups is 1. The number of carbonyl (C=O) groups is 2. The van der Waals surface area contributed by atoms with E-state index in [-0.39, 0.29) is 18.4 Å². The van der Waals surface area contributed by atoms with Crippen molar-refractivity contribution in [3.63, 3.8) is 0 Å². The van der Waals surface area contributed by atoms with Crippen LogP contribution < -0.4 is 5.32 Å². The smallest absolute Gasteiger partial charge is 0.278 e. The maximum atomic E-state index is 13.4. The van der Waals surface area contributed by atoms with Gasteiger partial charge in [0, 0.05) is 10.7 Å². The van der Waals surface area contributed by atoms with Crippen molar-refractivity contribution in [1.82, 2.24) is 4.90 Å². The highest BCUT2D eigenvalue weighted by molar-refractivity contribution is 6.36. The standard InChI is InChI=1S/C26H23ClN2O2/c1-16-4-9-20(10-5-16)23-24(28-22-13-6-17(2)18(3)14-22)26(31)29(25(23)30)15-19-7-11-21(27)12-8-19/h4-14,28H,15H2,1-3H3. The van der Waals surface area contributed by atoms with Crippen molar-refractivity contribution in [3.05, 3.63) is 105 Å². The Morgan fingerprint density at radius 1 is 0.806 bits per heavy atom. The maximum Gasteiger partial charge on any atom is 0.278 e. The molecule has 0 spiro atoms. The molecule has 31 heavy (non-hydrogen) atoms. The number of rotatable bonds is 5. The molecule has 1 aliphatic rings. The highest BCUT2D eigenvalue weighted by Gasteiger charge is 2.39. The molecule has 4 nitrogen and oxygen atoms in total. The normalized spacial score (nSPS) is 13.9. The van der Waals surface area contributed by atoms with Crippen LogP contribution in [-0.4, -0.2) is 16.7 Å². The third-order valence-electron chi connectivity index (χ3n) is 5.54. The first-order chi connectivity index (χ1) is 14.8. The van der Waals surface area contributed by atoms with E-state index in [0.717, 1.165) is 27.9 Å². The Morgan fingerprint density at radius 3 is 2.13 bits per heavy atom. The number of hydrogen-bond acceptors (Lipinski definition) is 3.